The van der Waals surface area contributed by atoms with Gasteiger partial charge in [0.15, 0.2) is 0 Å². The van der Waals surface area contributed by atoms with Crippen molar-refractivity contribution in [3.8, 4) is 11.5 Å². The number of aromatic nitrogens is 1. The summed E-state index contributed by atoms with van der Waals surface area (Å²) in [4.78, 5) is 17.1. The van der Waals surface area contributed by atoms with E-state index in [4.69, 9.17) is 9.47 Å². The highest BCUT2D eigenvalue weighted by Crippen LogP contribution is 2.26. The van der Waals surface area contributed by atoms with Crippen LogP contribution in [0.2, 0.25) is 0 Å². The Balaban J connectivity index is 1.66. The molecule has 6 heteroatoms. The molecule has 0 atom stereocenters. The molecule has 0 aliphatic heterocycles. The van der Waals surface area contributed by atoms with Gasteiger partial charge in [-0.1, -0.05) is 12.1 Å². The van der Waals surface area contributed by atoms with E-state index < -0.39 is 0 Å². The van der Waals surface area contributed by atoms with Crippen LogP contribution in [0.1, 0.15) is 15.4 Å². The van der Waals surface area contributed by atoms with Gasteiger partial charge in [-0.05, 0) is 35.7 Å². The summed E-state index contributed by atoms with van der Waals surface area (Å²) in [7, 11) is 1.55. The van der Waals surface area contributed by atoms with Crippen LogP contribution in [0.3, 0.4) is 0 Å². The summed E-state index contributed by atoms with van der Waals surface area (Å²) < 4.78 is 10.9. The molecule has 2 heterocycles. The fourth-order valence-electron chi connectivity index (χ4n) is 2.12. The Morgan fingerprint density at radius 3 is 2.92 bits per heavy atom. The number of amides is 1. The van der Waals surface area contributed by atoms with E-state index in [0.29, 0.717) is 28.7 Å². The molecule has 0 radical (unpaired) electrons. The lowest BCUT2D eigenvalue weighted by molar-refractivity contribution is 0.102. The van der Waals surface area contributed by atoms with Gasteiger partial charge in [0.05, 0.1) is 12.8 Å². The van der Waals surface area contributed by atoms with E-state index in [1.54, 1.807) is 25.4 Å². The summed E-state index contributed by atoms with van der Waals surface area (Å²) in [6.45, 7) is 0.372. The van der Waals surface area contributed by atoms with Crippen LogP contribution >= 0.6 is 11.3 Å². The van der Waals surface area contributed by atoms with Crippen LogP contribution in [0.25, 0.3) is 0 Å². The molecule has 5 nitrogen and oxygen atoms in total. The molecule has 3 rings (SSSR count). The van der Waals surface area contributed by atoms with Gasteiger partial charge in [0.2, 0.25) is 0 Å². The number of rotatable bonds is 6. The minimum atomic E-state index is -0.205. The van der Waals surface area contributed by atoms with Gasteiger partial charge in [-0.25, -0.2) is 0 Å². The average Bonchev–Trinajstić information content (AvgIpc) is 3.10. The van der Waals surface area contributed by atoms with Crippen LogP contribution in [0, 0.1) is 0 Å². The predicted octanol–water partition coefficient (Wildman–Crippen LogP) is 3.98. The third-order valence-corrected chi connectivity index (χ3v) is 4.15. The number of hydrogen-bond donors (Lipinski definition) is 1. The topological polar surface area (TPSA) is 60.5 Å². The van der Waals surface area contributed by atoms with Gasteiger partial charge in [0, 0.05) is 18.0 Å². The number of thiophene rings is 1. The van der Waals surface area contributed by atoms with Crippen LogP contribution in [0.5, 0.6) is 11.5 Å². The Bertz CT molecular complexity index is 818. The van der Waals surface area contributed by atoms with Crippen LogP contribution in [0.4, 0.5) is 5.69 Å². The van der Waals surface area contributed by atoms with Crippen molar-refractivity contribution < 1.29 is 14.3 Å². The highest BCUT2D eigenvalue weighted by atomic mass is 32.1. The van der Waals surface area contributed by atoms with Crippen LogP contribution in [0.15, 0.2) is 60.1 Å². The van der Waals surface area contributed by atoms with E-state index >= 15 is 0 Å². The Hall–Kier alpha value is -2.86. The van der Waals surface area contributed by atoms with Crippen molar-refractivity contribution in [3.05, 3.63) is 70.7 Å². The van der Waals surface area contributed by atoms with E-state index in [2.05, 4.69) is 10.3 Å². The molecule has 24 heavy (non-hydrogen) atoms. The average molecular weight is 340 g/mol. The molecule has 0 saturated carbocycles. The fraction of sp³-hybridized carbons (Fsp3) is 0.111. The third kappa shape index (κ3) is 3.91. The Morgan fingerprint density at radius 1 is 1.21 bits per heavy atom. The minimum absolute atomic E-state index is 0.205. The molecule has 0 fully saturated rings. The SMILES string of the molecule is COc1ccsc1C(=O)Nc1cccc(OCc2ccccn2)c1. The molecular formula is C18H16N2O3S. The van der Waals surface area contributed by atoms with Gasteiger partial charge in [-0.15, -0.1) is 11.3 Å². The number of nitrogens with zero attached hydrogens (tertiary/aromatic N) is 1. The number of hydrogen-bond acceptors (Lipinski definition) is 5. The smallest absolute Gasteiger partial charge is 0.269 e. The molecule has 0 spiro atoms. The lowest BCUT2D eigenvalue weighted by Crippen LogP contribution is -2.11. The first kappa shape index (κ1) is 16.0. The number of carbonyl (C=O) groups is 1. The van der Waals surface area contributed by atoms with Gasteiger partial charge in [0.1, 0.15) is 23.0 Å². The maximum Gasteiger partial charge on any atom is 0.269 e. The molecule has 1 aromatic carbocycles. The zero-order valence-corrected chi connectivity index (χ0v) is 13.9. The number of methoxy groups -OCH3 is 1. The number of pyridine rings is 1. The molecule has 0 bridgehead atoms. The molecule has 0 unspecified atom stereocenters. The molecule has 1 N–H and O–H groups in total. The largest absolute Gasteiger partial charge is 0.495 e. The summed E-state index contributed by atoms with van der Waals surface area (Å²) >= 11 is 1.34. The van der Waals surface area contributed by atoms with Crippen LogP contribution in [-0.4, -0.2) is 18.0 Å². The highest BCUT2D eigenvalue weighted by Gasteiger charge is 2.14. The van der Waals surface area contributed by atoms with Crippen molar-refractivity contribution in [1.82, 2.24) is 4.98 Å². The monoisotopic (exact) mass is 340 g/mol. The van der Waals surface area contributed by atoms with Gasteiger partial charge < -0.3 is 14.8 Å². The van der Waals surface area contributed by atoms with Crippen molar-refractivity contribution in [1.29, 1.82) is 0 Å². The number of anilines is 1. The van der Waals surface area contributed by atoms with E-state index in [-0.39, 0.29) is 5.91 Å². The van der Waals surface area contributed by atoms with E-state index in [0.717, 1.165) is 5.69 Å². The molecule has 0 aliphatic carbocycles. The molecule has 0 saturated heterocycles. The van der Waals surface area contributed by atoms with Crippen molar-refractivity contribution in [2.45, 2.75) is 6.61 Å². The number of ether oxygens (including phenoxy) is 2. The molecule has 1 amide bonds. The van der Waals surface area contributed by atoms with E-state index in [9.17, 15) is 4.79 Å². The first-order chi connectivity index (χ1) is 11.8. The van der Waals surface area contributed by atoms with Crippen molar-refractivity contribution in [2.75, 3.05) is 12.4 Å². The second-order valence-electron chi connectivity index (χ2n) is 4.91. The van der Waals surface area contributed by atoms with Gasteiger partial charge in [-0.2, -0.15) is 0 Å². The molecule has 3 aromatic rings. The van der Waals surface area contributed by atoms with Crippen LogP contribution in [-0.2, 0) is 6.61 Å². The quantitative estimate of drug-likeness (QED) is 0.737. The molecule has 0 aliphatic rings. The van der Waals surface area contributed by atoms with Crippen molar-refractivity contribution in [3.63, 3.8) is 0 Å². The molecule has 122 valence electrons. The van der Waals surface area contributed by atoms with Gasteiger partial charge in [-0.3, -0.25) is 9.78 Å². The summed E-state index contributed by atoms with van der Waals surface area (Å²) in [5.74, 6) is 1.03. The molecular weight excluding hydrogens is 324 g/mol. The fourth-order valence-corrected chi connectivity index (χ4v) is 2.87. The number of nitrogens with one attached hydrogen (secondary N) is 1. The standard InChI is InChI=1S/C18H16N2O3S/c1-22-16-8-10-24-17(16)18(21)20-13-6-4-7-15(11-13)23-12-14-5-2-3-9-19-14/h2-11H,12H2,1H3,(H,20,21). The summed E-state index contributed by atoms with van der Waals surface area (Å²) in [5, 5.41) is 4.67. The van der Waals surface area contributed by atoms with Gasteiger partial charge >= 0.3 is 0 Å². The van der Waals surface area contributed by atoms with Crippen LogP contribution < -0.4 is 14.8 Å². The van der Waals surface area contributed by atoms with E-state index in [1.807, 2.05) is 41.8 Å². The summed E-state index contributed by atoms with van der Waals surface area (Å²) in [6.07, 6.45) is 1.73. The van der Waals surface area contributed by atoms with Crippen molar-refractivity contribution in [2.24, 2.45) is 0 Å². The summed E-state index contributed by atoms with van der Waals surface area (Å²) in [5.41, 5.74) is 1.50. The number of carbonyl (C=O) groups excluding carboxylic acids is 1. The summed E-state index contributed by atoms with van der Waals surface area (Å²) in [6, 6.07) is 14.7. The normalized spacial score (nSPS) is 10.2. The van der Waals surface area contributed by atoms with Gasteiger partial charge in [0.25, 0.3) is 5.91 Å². The predicted molar refractivity (Wildman–Crippen MR) is 93.8 cm³/mol. The van der Waals surface area contributed by atoms with E-state index in [1.165, 1.54) is 11.3 Å². The highest BCUT2D eigenvalue weighted by molar-refractivity contribution is 7.12. The Morgan fingerprint density at radius 2 is 2.12 bits per heavy atom. The Labute approximate surface area is 143 Å². The second-order valence-corrected chi connectivity index (χ2v) is 5.83. The zero-order chi connectivity index (χ0) is 16.8. The second kappa shape index (κ2) is 7.61. The molecule has 2 aromatic heterocycles. The third-order valence-electron chi connectivity index (χ3n) is 3.26. The first-order valence-corrected chi connectivity index (χ1v) is 8.20. The lowest BCUT2D eigenvalue weighted by atomic mass is 10.3. The lowest BCUT2D eigenvalue weighted by Gasteiger charge is -2.09. The zero-order valence-electron chi connectivity index (χ0n) is 13.1. The maximum atomic E-state index is 12.3. The number of benzene rings is 1. The maximum absolute atomic E-state index is 12.3. The Kier molecular flexibility index (Phi) is 5.08. The first-order valence-electron chi connectivity index (χ1n) is 7.32. The minimum Gasteiger partial charge on any atom is -0.495 e. The van der Waals surface area contributed by atoms with Crippen molar-refractivity contribution >= 4 is 22.9 Å².